The van der Waals surface area contributed by atoms with Crippen molar-refractivity contribution in [3.63, 3.8) is 0 Å². The molecule has 0 aliphatic heterocycles. The first-order chi connectivity index (χ1) is 17.7. The number of aryl methyl sites for hydroxylation is 2. The average Bonchev–Trinajstić information content (AvgIpc) is 3.30. The minimum atomic E-state index is -0.489. The Kier molecular flexibility index (Phi) is 10.4. The van der Waals surface area contributed by atoms with E-state index in [1.54, 1.807) is 0 Å². The molecule has 2 aromatic carbocycles. The average molecular weight is 507 g/mol. The summed E-state index contributed by atoms with van der Waals surface area (Å²) in [5.74, 6) is 1.40. The van der Waals surface area contributed by atoms with E-state index in [1.165, 1.54) is 11.1 Å². The second-order valence-corrected chi connectivity index (χ2v) is 11.6. The molecule has 0 bridgehead atoms. The van der Waals surface area contributed by atoms with Crippen molar-refractivity contribution < 1.29 is 19.1 Å². The third-order valence-electron chi connectivity index (χ3n) is 7.86. The predicted molar refractivity (Wildman–Crippen MR) is 153 cm³/mol. The van der Waals surface area contributed by atoms with Crippen molar-refractivity contribution in [1.29, 1.82) is 0 Å². The summed E-state index contributed by atoms with van der Waals surface area (Å²) in [5, 5.41) is 11.0. The first kappa shape index (κ1) is 29.0. The fourth-order valence-electron chi connectivity index (χ4n) is 5.18. The Morgan fingerprint density at radius 2 is 1.81 bits per heavy atom. The lowest BCUT2D eigenvalue weighted by atomic mass is 9.73. The van der Waals surface area contributed by atoms with Gasteiger partial charge < -0.3 is 14.3 Å². The van der Waals surface area contributed by atoms with Crippen LogP contribution in [0, 0.1) is 23.2 Å². The molecule has 4 nitrogen and oxygen atoms in total. The number of carbonyl (C=O) groups is 1. The van der Waals surface area contributed by atoms with Crippen molar-refractivity contribution in [2.24, 2.45) is 23.2 Å². The Labute approximate surface area is 223 Å². The Balaban J connectivity index is 1.51. The zero-order chi connectivity index (χ0) is 27.0. The molecule has 0 radical (unpaired) electrons. The van der Waals surface area contributed by atoms with Crippen LogP contribution in [0.15, 0.2) is 52.9 Å². The maximum absolute atomic E-state index is 12.9. The van der Waals surface area contributed by atoms with Gasteiger partial charge in [0.05, 0.1) is 12.0 Å². The number of aliphatic hydroxyl groups excluding tert-OH is 1. The highest BCUT2D eigenvalue weighted by atomic mass is 16.5. The molecule has 2 unspecified atom stereocenters. The second-order valence-electron chi connectivity index (χ2n) is 11.6. The Morgan fingerprint density at radius 3 is 2.49 bits per heavy atom. The van der Waals surface area contributed by atoms with Gasteiger partial charge in [-0.1, -0.05) is 77.4 Å². The largest absolute Gasteiger partial charge is 0.465 e. The molecule has 0 aliphatic rings. The van der Waals surface area contributed by atoms with Crippen LogP contribution in [0.25, 0.3) is 22.3 Å². The first-order valence-electron chi connectivity index (χ1n) is 14.1. The summed E-state index contributed by atoms with van der Waals surface area (Å²) >= 11 is 0. The number of carbonyl (C=O) groups excluding carboxylic acids is 1. The van der Waals surface area contributed by atoms with Gasteiger partial charge in [-0.2, -0.15) is 0 Å². The smallest absolute Gasteiger partial charge is 0.312 e. The number of rotatable bonds is 14. The van der Waals surface area contributed by atoms with Gasteiger partial charge in [0.25, 0.3) is 0 Å². The molecule has 0 spiro atoms. The molecular formula is C33H46O4. The Morgan fingerprint density at radius 1 is 1.05 bits per heavy atom. The van der Waals surface area contributed by atoms with E-state index >= 15 is 0 Å². The molecule has 202 valence electrons. The molecule has 1 heterocycles. The number of fused-ring (bicyclic) bond motifs is 1. The van der Waals surface area contributed by atoms with Crippen LogP contribution in [0.5, 0.6) is 0 Å². The molecule has 3 rings (SSSR count). The van der Waals surface area contributed by atoms with Crippen molar-refractivity contribution in [3.8, 4) is 11.3 Å². The van der Waals surface area contributed by atoms with E-state index in [0.29, 0.717) is 5.92 Å². The van der Waals surface area contributed by atoms with Crippen molar-refractivity contribution in [3.05, 3.63) is 59.7 Å². The third-order valence-corrected chi connectivity index (χ3v) is 7.86. The van der Waals surface area contributed by atoms with Crippen LogP contribution in [-0.4, -0.2) is 24.3 Å². The van der Waals surface area contributed by atoms with E-state index in [9.17, 15) is 9.90 Å². The molecule has 1 aromatic heterocycles. The van der Waals surface area contributed by atoms with Gasteiger partial charge in [0.1, 0.15) is 11.3 Å². The summed E-state index contributed by atoms with van der Waals surface area (Å²) < 4.78 is 12.0. The monoisotopic (exact) mass is 506 g/mol. The number of unbranched alkanes of at least 4 members (excludes halogenated alkanes) is 1. The lowest BCUT2D eigenvalue weighted by molar-refractivity contribution is -0.161. The summed E-state index contributed by atoms with van der Waals surface area (Å²) in [7, 11) is 0. The van der Waals surface area contributed by atoms with Crippen LogP contribution in [0.4, 0.5) is 0 Å². The van der Waals surface area contributed by atoms with Gasteiger partial charge in [0.2, 0.25) is 0 Å². The van der Waals surface area contributed by atoms with E-state index in [-0.39, 0.29) is 31.0 Å². The van der Waals surface area contributed by atoms with E-state index in [2.05, 4.69) is 83.1 Å². The normalized spacial score (nSPS) is 14.3. The van der Waals surface area contributed by atoms with Gasteiger partial charge in [-0.3, -0.25) is 4.79 Å². The summed E-state index contributed by atoms with van der Waals surface area (Å²) in [4.78, 5) is 12.9. The highest BCUT2D eigenvalue weighted by Crippen LogP contribution is 2.36. The molecule has 3 aromatic rings. The number of aliphatic hydroxyl groups is 1. The number of ether oxygens (including phenoxy) is 1. The van der Waals surface area contributed by atoms with Crippen molar-refractivity contribution in [2.45, 2.75) is 80.1 Å². The van der Waals surface area contributed by atoms with E-state index in [1.807, 2.05) is 6.92 Å². The van der Waals surface area contributed by atoms with E-state index in [0.717, 1.165) is 60.8 Å². The molecule has 1 N–H and O–H groups in total. The summed E-state index contributed by atoms with van der Waals surface area (Å²) in [6.07, 6.45) is 5.56. The van der Waals surface area contributed by atoms with Crippen molar-refractivity contribution in [1.82, 2.24) is 0 Å². The number of furan rings is 1. The zero-order valence-electron chi connectivity index (χ0n) is 23.7. The van der Waals surface area contributed by atoms with Gasteiger partial charge in [0.15, 0.2) is 0 Å². The highest BCUT2D eigenvalue weighted by Gasteiger charge is 2.38. The van der Waals surface area contributed by atoms with Crippen LogP contribution < -0.4 is 0 Å². The lowest BCUT2D eigenvalue weighted by Gasteiger charge is -2.33. The number of hydrogen-bond donors (Lipinski definition) is 1. The quantitative estimate of drug-likeness (QED) is 0.177. The Hall–Kier alpha value is -2.59. The van der Waals surface area contributed by atoms with Gasteiger partial charge in [0, 0.05) is 23.5 Å². The zero-order valence-corrected chi connectivity index (χ0v) is 23.7. The molecule has 0 saturated heterocycles. The van der Waals surface area contributed by atoms with Gasteiger partial charge >= 0.3 is 5.97 Å². The van der Waals surface area contributed by atoms with Gasteiger partial charge in [-0.05, 0) is 74.1 Å². The first-order valence-corrected chi connectivity index (χ1v) is 14.1. The molecule has 2 atom stereocenters. The molecule has 0 fully saturated rings. The van der Waals surface area contributed by atoms with Crippen LogP contribution >= 0.6 is 0 Å². The standard InChI is InChI=1S/C33H46O4/c1-7-27-14-10-11-15-29(27)31-19-28-17-16-25(18-30(28)37-31)12-8-9-13-26(21-34)22-36-32(35)33(6,24(4)5)20-23(2)3/h10-11,14-19,23-24,26,34H,7-9,12-13,20-22H2,1-6H3. The van der Waals surface area contributed by atoms with Crippen LogP contribution in [0.1, 0.15) is 78.4 Å². The SMILES string of the molecule is CCc1ccccc1-c1cc2ccc(CCCCC(CO)COC(=O)C(C)(CC(C)C)C(C)C)cc2o1. The minimum absolute atomic E-state index is 0.0202. The lowest BCUT2D eigenvalue weighted by Crippen LogP contribution is -2.37. The maximum atomic E-state index is 12.9. The molecule has 0 amide bonds. The minimum Gasteiger partial charge on any atom is -0.465 e. The molecular weight excluding hydrogens is 460 g/mol. The van der Waals surface area contributed by atoms with Gasteiger partial charge in [-0.25, -0.2) is 0 Å². The second kappa shape index (κ2) is 13.3. The van der Waals surface area contributed by atoms with E-state index < -0.39 is 5.41 Å². The van der Waals surface area contributed by atoms with E-state index in [4.69, 9.17) is 9.15 Å². The topological polar surface area (TPSA) is 59.7 Å². The maximum Gasteiger partial charge on any atom is 0.312 e. The predicted octanol–water partition coefficient (Wildman–Crippen LogP) is 8.24. The molecule has 37 heavy (non-hydrogen) atoms. The third kappa shape index (κ3) is 7.47. The number of benzene rings is 2. The van der Waals surface area contributed by atoms with Gasteiger partial charge in [-0.15, -0.1) is 0 Å². The molecule has 0 aliphatic carbocycles. The summed E-state index contributed by atoms with van der Waals surface area (Å²) in [5.41, 5.74) is 4.15. The fourth-order valence-corrected chi connectivity index (χ4v) is 5.18. The number of esters is 1. The summed E-state index contributed by atoms with van der Waals surface area (Å²) in [6.45, 7) is 12.9. The molecule has 0 saturated carbocycles. The van der Waals surface area contributed by atoms with Crippen molar-refractivity contribution >= 4 is 16.9 Å². The van der Waals surface area contributed by atoms with Crippen LogP contribution in [-0.2, 0) is 22.4 Å². The summed E-state index contributed by atoms with van der Waals surface area (Å²) in [6, 6.07) is 17.0. The van der Waals surface area contributed by atoms with Crippen LogP contribution in [0.2, 0.25) is 0 Å². The molecule has 4 heteroatoms. The van der Waals surface area contributed by atoms with Crippen molar-refractivity contribution in [2.75, 3.05) is 13.2 Å². The Bertz CT molecular complexity index is 1140. The van der Waals surface area contributed by atoms with Crippen LogP contribution in [0.3, 0.4) is 0 Å². The number of hydrogen-bond acceptors (Lipinski definition) is 4. The highest BCUT2D eigenvalue weighted by molar-refractivity contribution is 5.84. The fraction of sp³-hybridized carbons (Fsp3) is 0.545.